The van der Waals surface area contributed by atoms with Crippen molar-refractivity contribution in [2.24, 2.45) is 0 Å². The van der Waals surface area contributed by atoms with Crippen LogP contribution in [0.1, 0.15) is 27.5 Å². The number of nitrogens with zero attached hydrogens (tertiary/aromatic N) is 2. The van der Waals surface area contributed by atoms with Gasteiger partial charge in [0.1, 0.15) is 12.4 Å². The van der Waals surface area contributed by atoms with Crippen LogP contribution in [0.2, 0.25) is 5.02 Å². The van der Waals surface area contributed by atoms with E-state index < -0.39 is 0 Å². The van der Waals surface area contributed by atoms with Crippen LogP contribution < -0.4 is 10.1 Å². The second-order valence-corrected chi connectivity index (χ2v) is 9.46. The van der Waals surface area contributed by atoms with E-state index in [1.807, 2.05) is 28.8 Å². The Morgan fingerprint density at radius 3 is 2.68 bits per heavy atom. The number of benzene rings is 2. The summed E-state index contributed by atoms with van der Waals surface area (Å²) in [6.45, 7) is 4.52. The Morgan fingerprint density at radius 1 is 1.18 bits per heavy atom. The Kier molecular flexibility index (Phi) is 6.85. The molecule has 9 heteroatoms. The van der Waals surface area contributed by atoms with E-state index >= 15 is 0 Å². The van der Waals surface area contributed by atoms with Crippen molar-refractivity contribution in [2.75, 3.05) is 39.5 Å². The van der Waals surface area contributed by atoms with Gasteiger partial charge in [0.05, 0.1) is 41.5 Å². The smallest absolute Gasteiger partial charge is 0.254 e. The van der Waals surface area contributed by atoms with Crippen LogP contribution in [0.5, 0.6) is 5.75 Å². The zero-order valence-electron chi connectivity index (χ0n) is 18.6. The van der Waals surface area contributed by atoms with E-state index in [9.17, 15) is 9.90 Å². The van der Waals surface area contributed by atoms with E-state index in [2.05, 4.69) is 10.2 Å². The normalized spacial score (nSPS) is 18.0. The minimum atomic E-state index is -0.293. The Morgan fingerprint density at radius 2 is 1.94 bits per heavy atom. The Hall–Kier alpha value is -2.49. The summed E-state index contributed by atoms with van der Waals surface area (Å²) in [7, 11) is 0. The first kappa shape index (κ1) is 23.3. The van der Waals surface area contributed by atoms with E-state index in [0.717, 1.165) is 60.6 Å². The van der Waals surface area contributed by atoms with E-state index in [4.69, 9.17) is 33.3 Å². The molecule has 0 radical (unpaired) electrons. The van der Waals surface area contributed by atoms with Gasteiger partial charge in [-0.25, -0.2) is 0 Å². The molecule has 1 aromatic heterocycles. The first-order chi connectivity index (χ1) is 16.5. The van der Waals surface area contributed by atoms with Crippen molar-refractivity contribution in [1.82, 2.24) is 14.8 Å². The van der Waals surface area contributed by atoms with Crippen molar-refractivity contribution in [3.05, 3.63) is 68.8 Å². The van der Waals surface area contributed by atoms with Gasteiger partial charge in [0, 0.05) is 42.8 Å². The van der Waals surface area contributed by atoms with Gasteiger partial charge in [0.25, 0.3) is 5.91 Å². The number of hydrogen-bond acceptors (Lipinski definition) is 6. The van der Waals surface area contributed by atoms with Crippen LogP contribution in [0.15, 0.2) is 42.6 Å². The maximum atomic E-state index is 13.2. The van der Waals surface area contributed by atoms with E-state index in [1.54, 1.807) is 18.3 Å². The minimum absolute atomic E-state index is 0.0999. The maximum absolute atomic E-state index is 13.2. The van der Waals surface area contributed by atoms with Crippen LogP contribution in [0.4, 0.5) is 0 Å². The average molecular weight is 500 g/mol. The lowest BCUT2D eigenvalue weighted by Crippen LogP contribution is -2.35. The molecule has 1 amide bonds. The summed E-state index contributed by atoms with van der Waals surface area (Å²) < 4.78 is 13.9. The molecule has 0 spiro atoms. The molecule has 0 aliphatic carbocycles. The fourth-order valence-electron chi connectivity index (χ4n) is 4.47. The van der Waals surface area contributed by atoms with Gasteiger partial charge in [-0.2, -0.15) is 0 Å². The number of rotatable bonds is 6. The Balaban J connectivity index is 1.51. The van der Waals surface area contributed by atoms with Crippen LogP contribution >= 0.6 is 23.8 Å². The summed E-state index contributed by atoms with van der Waals surface area (Å²) in [5.74, 6) is 0.471. The first-order valence-corrected chi connectivity index (χ1v) is 12.1. The second-order valence-electron chi connectivity index (χ2n) is 8.61. The predicted molar refractivity (Wildman–Crippen MR) is 133 cm³/mol. The van der Waals surface area contributed by atoms with Gasteiger partial charge in [0.2, 0.25) is 0 Å². The third-order valence-corrected chi connectivity index (χ3v) is 7.00. The largest absolute Gasteiger partial charge is 0.489 e. The highest BCUT2D eigenvalue weighted by molar-refractivity contribution is 7.71. The molecule has 5 rings (SSSR count). The number of nitrogens with one attached hydrogen (secondary N) is 1. The molecule has 1 fully saturated rings. The number of aromatic nitrogens is 1. The summed E-state index contributed by atoms with van der Waals surface area (Å²) >= 11 is 11.8. The molecule has 1 atom stereocenters. The topological polar surface area (TPSA) is 76.0 Å². The van der Waals surface area contributed by atoms with Gasteiger partial charge in [-0.15, -0.1) is 0 Å². The number of halogens is 1. The molecular weight excluding hydrogens is 474 g/mol. The standard InChI is InChI=1S/C25H26ClN3O4S/c26-18-3-1-16(2-4-18)11-27-25(31)21-13-29-19(14-30)15-33-22-10-17(9-20(23(22)29)24(21)34)12-28-5-7-32-8-6-28/h1-4,9-10,13,19,30H,5-8,11-12,14-15H2,(H,27,31). The number of amides is 1. The predicted octanol–water partition coefficient (Wildman–Crippen LogP) is 3.71. The van der Waals surface area contributed by atoms with Gasteiger partial charge in [-0.1, -0.05) is 36.0 Å². The van der Waals surface area contributed by atoms with Crippen LogP contribution in [0.25, 0.3) is 10.9 Å². The van der Waals surface area contributed by atoms with Crippen molar-refractivity contribution >= 4 is 40.6 Å². The highest BCUT2D eigenvalue weighted by Crippen LogP contribution is 2.36. The number of carbonyl (C=O) groups is 1. The SMILES string of the molecule is O=C(NCc1ccc(Cl)cc1)c1cn2c3c(cc(CN4CCOCC4)cc3c1=S)OCC2CO. The van der Waals surface area contributed by atoms with Crippen molar-refractivity contribution in [2.45, 2.75) is 19.1 Å². The molecule has 2 aliphatic rings. The van der Waals surface area contributed by atoms with Crippen LogP contribution in [0.3, 0.4) is 0 Å². The fourth-order valence-corrected chi connectivity index (χ4v) is 4.89. The molecule has 1 unspecified atom stereocenters. The zero-order chi connectivity index (χ0) is 23.7. The Bertz CT molecular complexity index is 1270. The summed E-state index contributed by atoms with van der Waals surface area (Å²) in [4.78, 5) is 15.5. The van der Waals surface area contributed by atoms with E-state index in [1.165, 1.54) is 0 Å². The number of hydrogen-bond donors (Lipinski definition) is 2. The summed E-state index contributed by atoms with van der Waals surface area (Å²) in [6, 6.07) is 11.1. The summed E-state index contributed by atoms with van der Waals surface area (Å²) in [6.07, 6.45) is 1.75. The summed E-state index contributed by atoms with van der Waals surface area (Å²) in [5, 5.41) is 14.3. The Labute approximate surface area is 207 Å². The molecule has 0 saturated carbocycles. The third-order valence-electron chi connectivity index (χ3n) is 6.31. The molecule has 1 saturated heterocycles. The number of aliphatic hydroxyl groups is 1. The number of ether oxygens (including phenoxy) is 2. The molecule has 7 nitrogen and oxygen atoms in total. The molecule has 34 heavy (non-hydrogen) atoms. The lowest BCUT2D eigenvalue weighted by molar-refractivity contribution is 0.0341. The molecule has 2 aromatic carbocycles. The lowest BCUT2D eigenvalue weighted by Gasteiger charge is -2.30. The van der Waals surface area contributed by atoms with Crippen LogP contribution in [-0.2, 0) is 17.8 Å². The van der Waals surface area contributed by atoms with Gasteiger partial charge in [-0.3, -0.25) is 9.69 Å². The third kappa shape index (κ3) is 4.69. The zero-order valence-corrected chi connectivity index (χ0v) is 20.2. The second kappa shape index (κ2) is 10.0. The molecule has 3 aromatic rings. The maximum Gasteiger partial charge on any atom is 0.254 e. The number of aliphatic hydroxyl groups excluding tert-OH is 1. The van der Waals surface area contributed by atoms with Gasteiger partial charge < -0.3 is 24.5 Å². The van der Waals surface area contributed by atoms with Crippen LogP contribution in [-0.4, -0.2) is 60.0 Å². The number of morpholine rings is 1. The van der Waals surface area contributed by atoms with Crippen molar-refractivity contribution < 1.29 is 19.4 Å². The average Bonchev–Trinajstić information content (AvgIpc) is 2.86. The highest BCUT2D eigenvalue weighted by Gasteiger charge is 2.25. The quantitative estimate of drug-likeness (QED) is 0.504. The molecule has 2 N–H and O–H groups in total. The molecule has 3 heterocycles. The van der Waals surface area contributed by atoms with Crippen molar-refractivity contribution in [1.29, 1.82) is 0 Å². The number of carbonyl (C=O) groups excluding carboxylic acids is 1. The van der Waals surface area contributed by atoms with Gasteiger partial charge in [0.15, 0.2) is 0 Å². The van der Waals surface area contributed by atoms with Gasteiger partial charge in [-0.05, 0) is 35.4 Å². The molecule has 2 aliphatic heterocycles. The summed E-state index contributed by atoms with van der Waals surface area (Å²) in [5.41, 5.74) is 3.24. The molecule has 0 bridgehead atoms. The van der Waals surface area contributed by atoms with Crippen molar-refractivity contribution in [3.8, 4) is 5.75 Å². The van der Waals surface area contributed by atoms with Crippen LogP contribution in [0, 0.1) is 4.51 Å². The molecule has 178 valence electrons. The lowest BCUT2D eigenvalue weighted by atomic mass is 10.0. The highest BCUT2D eigenvalue weighted by atomic mass is 35.5. The van der Waals surface area contributed by atoms with E-state index in [0.29, 0.717) is 28.2 Å². The van der Waals surface area contributed by atoms with Gasteiger partial charge >= 0.3 is 0 Å². The molecular formula is C25H26ClN3O4S. The fraction of sp³-hybridized carbons (Fsp3) is 0.360. The van der Waals surface area contributed by atoms with Crippen molar-refractivity contribution in [3.63, 3.8) is 0 Å². The monoisotopic (exact) mass is 499 g/mol. The number of pyridine rings is 1. The first-order valence-electron chi connectivity index (χ1n) is 11.3. The van der Waals surface area contributed by atoms with E-state index in [-0.39, 0.29) is 18.6 Å². The minimum Gasteiger partial charge on any atom is -0.489 e.